The fourth-order valence-electron chi connectivity index (χ4n) is 2.61. The van der Waals surface area contributed by atoms with Crippen molar-refractivity contribution in [2.75, 3.05) is 13.1 Å². The maximum Gasteiger partial charge on any atom is 0.00232 e. The minimum atomic E-state index is 0.545. The molecule has 1 nitrogen and oxygen atoms in total. The average molecular weight is 267 g/mol. The minimum Gasteiger partial charge on any atom is -0.316 e. The second-order valence-corrected chi connectivity index (χ2v) is 5.29. The SMILES string of the molecule is CCNCC(Cc1cccc(CC)c1)c1ccccc1. The minimum absolute atomic E-state index is 0.545. The van der Waals surface area contributed by atoms with Crippen LogP contribution in [-0.4, -0.2) is 13.1 Å². The Labute approximate surface area is 123 Å². The lowest BCUT2D eigenvalue weighted by Crippen LogP contribution is -2.22. The summed E-state index contributed by atoms with van der Waals surface area (Å²) < 4.78 is 0. The molecule has 2 aromatic rings. The first-order valence-electron chi connectivity index (χ1n) is 7.67. The fourth-order valence-corrected chi connectivity index (χ4v) is 2.61. The van der Waals surface area contributed by atoms with E-state index < -0.39 is 0 Å². The summed E-state index contributed by atoms with van der Waals surface area (Å²) in [6, 6.07) is 19.8. The third kappa shape index (κ3) is 4.21. The van der Waals surface area contributed by atoms with Crippen LogP contribution in [0.15, 0.2) is 54.6 Å². The number of likely N-dealkylation sites (N-methyl/N-ethyl adjacent to an activating group) is 1. The molecule has 0 heterocycles. The zero-order chi connectivity index (χ0) is 14.2. The number of rotatable bonds is 7. The molecule has 0 aromatic heterocycles. The van der Waals surface area contributed by atoms with Gasteiger partial charge in [0.25, 0.3) is 0 Å². The molecule has 0 saturated carbocycles. The summed E-state index contributed by atoms with van der Waals surface area (Å²) in [6.45, 7) is 6.45. The lowest BCUT2D eigenvalue weighted by Gasteiger charge is -2.18. The summed E-state index contributed by atoms with van der Waals surface area (Å²) in [4.78, 5) is 0. The molecule has 0 fully saturated rings. The van der Waals surface area contributed by atoms with E-state index in [-0.39, 0.29) is 0 Å². The van der Waals surface area contributed by atoms with Gasteiger partial charge in [0.15, 0.2) is 0 Å². The first-order chi connectivity index (χ1) is 9.83. The largest absolute Gasteiger partial charge is 0.316 e. The molecular formula is C19H25N. The van der Waals surface area contributed by atoms with E-state index in [1.54, 1.807) is 0 Å². The average Bonchev–Trinajstić information content (AvgIpc) is 2.52. The monoisotopic (exact) mass is 267 g/mol. The lowest BCUT2D eigenvalue weighted by atomic mass is 9.91. The Kier molecular flexibility index (Phi) is 5.82. The van der Waals surface area contributed by atoms with E-state index >= 15 is 0 Å². The van der Waals surface area contributed by atoms with E-state index in [9.17, 15) is 0 Å². The summed E-state index contributed by atoms with van der Waals surface area (Å²) >= 11 is 0. The first kappa shape index (κ1) is 14.8. The molecule has 0 saturated heterocycles. The van der Waals surface area contributed by atoms with Crippen molar-refractivity contribution in [2.45, 2.75) is 32.6 Å². The van der Waals surface area contributed by atoms with Crippen molar-refractivity contribution in [2.24, 2.45) is 0 Å². The van der Waals surface area contributed by atoms with E-state index in [1.165, 1.54) is 16.7 Å². The highest BCUT2D eigenvalue weighted by Crippen LogP contribution is 2.21. The Morgan fingerprint density at radius 3 is 2.35 bits per heavy atom. The Hall–Kier alpha value is -1.60. The molecule has 1 unspecified atom stereocenters. The van der Waals surface area contributed by atoms with Crippen LogP contribution in [0.5, 0.6) is 0 Å². The first-order valence-corrected chi connectivity index (χ1v) is 7.67. The van der Waals surface area contributed by atoms with Gasteiger partial charge in [0.2, 0.25) is 0 Å². The van der Waals surface area contributed by atoms with Crippen molar-refractivity contribution in [1.29, 1.82) is 0 Å². The van der Waals surface area contributed by atoms with Crippen LogP contribution < -0.4 is 5.32 Å². The Balaban J connectivity index is 2.14. The second kappa shape index (κ2) is 7.86. The van der Waals surface area contributed by atoms with Gasteiger partial charge in [0.05, 0.1) is 0 Å². The molecule has 0 aliphatic carbocycles. The highest BCUT2D eigenvalue weighted by atomic mass is 14.8. The van der Waals surface area contributed by atoms with E-state index in [2.05, 4.69) is 73.8 Å². The topological polar surface area (TPSA) is 12.0 Å². The highest BCUT2D eigenvalue weighted by Gasteiger charge is 2.11. The van der Waals surface area contributed by atoms with Gasteiger partial charge in [0.1, 0.15) is 0 Å². The lowest BCUT2D eigenvalue weighted by molar-refractivity contribution is 0.595. The van der Waals surface area contributed by atoms with Gasteiger partial charge in [-0.05, 0) is 36.1 Å². The van der Waals surface area contributed by atoms with E-state index in [4.69, 9.17) is 0 Å². The van der Waals surface area contributed by atoms with Gasteiger partial charge in [-0.15, -0.1) is 0 Å². The molecule has 1 atom stereocenters. The van der Waals surface area contributed by atoms with Crippen LogP contribution in [0.1, 0.15) is 36.5 Å². The van der Waals surface area contributed by atoms with Gasteiger partial charge in [-0.3, -0.25) is 0 Å². The van der Waals surface area contributed by atoms with Crippen LogP contribution in [0.3, 0.4) is 0 Å². The van der Waals surface area contributed by atoms with Gasteiger partial charge < -0.3 is 5.32 Å². The maximum absolute atomic E-state index is 3.50. The van der Waals surface area contributed by atoms with Crippen LogP contribution in [-0.2, 0) is 12.8 Å². The normalized spacial score (nSPS) is 12.3. The van der Waals surface area contributed by atoms with Gasteiger partial charge in [-0.25, -0.2) is 0 Å². The smallest absolute Gasteiger partial charge is 0.00232 e. The van der Waals surface area contributed by atoms with Crippen LogP contribution in [0.25, 0.3) is 0 Å². The standard InChI is InChI=1S/C19H25N/c1-3-16-9-8-10-17(13-16)14-19(15-20-4-2)18-11-6-5-7-12-18/h5-13,19-20H,3-4,14-15H2,1-2H3. The molecule has 0 aliphatic rings. The summed E-state index contributed by atoms with van der Waals surface area (Å²) in [5.74, 6) is 0.545. The van der Waals surface area contributed by atoms with Gasteiger partial charge in [-0.2, -0.15) is 0 Å². The van der Waals surface area contributed by atoms with Gasteiger partial charge in [-0.1, -0.05) is 68.4 Å². The molecule has 1 N–H and O–H groups in total. The molecule has 0 radical (unpaired) electrons. The summed E-state index contributed by atoms with van der Waals surface area (Å²) in [5, 5.41) is 3.50. The fraction of sp³-hybridized carbons (Fsp3) is 0.368. The summed E-state index contributed by atoms with van der Waals surface area (Å²) in [6.07, 6.45) is 2.21. The molecule has 0 spiro atoms. The van der Waals surface area contributed by atoms with Crippen LogP contribution in [0, 0.1) is 0 Å². The number of aryl methyl sites for hydroxylation is 1. The van der Waals surface area contributed by atoms with Gasteiger partial charge in [0, 0.05) is 12.5 Å². The van der Waals surface area contributed by atoms with Crippen molar-refractivity contribution in [3.8, 4) is 0 Å². The third-order valence-corrected chi connectivity index (χ3v) is 3.79. The molecule has 106 valence electrons. The van der Waals surface area contributed by atoms with Crippen LogP contribution >= 0.6 is 0 Å². The quantitative estimate of drug-likeness (QED) is 0.793. The molecule has 20 heavy (non-hydrogen) atoms. The Morgan fingerprint density at radius 1 is 0.900 bits per heavy atom. The number of hydrogen-bond donors (Lipinski definition) is 1. The summed E-state index contributed by atoms with van der Waals surface area (Å²) in [7, 11) is 0. The molecule has 0 aliphatic heterocycles. The van der Waals surface area contributed by atoms with Gasteiger partial charge >= 0.3 is 0 Å². The zero-order valence-electron chi connectivity index (χ0n) is 12.6. The highest BCUT2D eigenvalue weighted by molar-refractivity contribution is 5.28. The third-order valence-electron chi connectivity index (χ3n) is 3.79. The van der Waals surface area contributed by atoms with Crippen molar-refractivity contribution in [3.63, 3.8) is 0 Å². The number of nitrogens with one attached hydrogen (secondary N) is 1. The Morgan fingerprint density at radius 2 is 1.65 bits per heavy atom. The summed E-state index contributed by atoms with van der Waals surface area (Å²) in [5.41, 5.74) is 4.30. The Bertz CT molecular complexity index is 504. The predicted molar refractivity (Wildman–Crippen MR) is 87.3 cm³/mol. The maximum atomic E-state index is 3.50. The van der Waals surface area contributed by atoms with Crippen LogP contribution in [0.2, 0.25) is 0 Å². The van der Waals surface area contributed by atoms with E-state index in [0.717, 1.165) is 25.9 Å². The van der Waals surface area contributed by atoms with Crippen molar-refractivity contribution in [3.05, 3.63) is 71.3 Å². The molecule has 0 amide bonds. The van der Waals surface area contributed by atoms with Crippen LogP contribution in [0.4, 0.5) is 0 Å². The molecule has 2 rings (SSSR count). The number of benzene rings is 2. The van der Waals surface area contributed by atoms with Crippen molar-refractivity contribution >= 4 is 0 Å². The second-order valence-electron chi connectivity index (χ2n) is 5.29. The molecule has 1 heteroatoms. The zero-order valence-corrected chi connectivity index (χ0v) is 12.6. The molecule has 0 bridgehead atoms. The van der Waals surface area contributed by atoms with E-state index in [1.807, 2.05) is 0 Å². The number of hydrogen-bond acceptors (Lipinski definition) is 1. The van der Waals surface area contributed by atoms with E-state index in [0.29, 0.717) is 5.92 Å². The molecule has 2 aromatic carbocycles. The molecular weight excluding hydrogens is 242 g/mol. The van der Waals surface area contributed by atoms with Crippen molar-refractivity contribution in [1.82, 2.24) is 5.32 Å². The predicted octanol–water partition coefficient (Wildman–Crippen LogP) is 4.18. The van der Waals surface area contributed by atoms with Crippen molar-refractivity contribution < 1.29 is 0 Å².